The summed E-state index contributed by atoms with van der Waals surface area (Å²) in [6.07, 6.45) is 0. The molecule has 2 N–H and O–H groups in total. The van der Waals surface area contributed by atoms with Crippen molar-refractivity contribution in [2.45, 2.75) is 19.9 Å². The van der Waals surface area contributed by atoms with E-state index in [1.165, 1.54) is 11.3 Å². The number of thiazole rings is 1. The molecule has 4 nitrogen and oxygen atoms in total. The van der Waals surface area contributed by atoms with Crippen LogP contribution in [0.4, 0.5) is 0 Å². The lowest BCUT2D eigenvalue weighted by Crippen LogP contribution is -2.56. The fourth-order valence-corrected chi connectivity index (χ4v) is 2.21. The van der Waals surface area contributed by atoms with Gasteiger partial charge in [0.25, 0.3) is 5.91 Å². The first-order valence-corrected chi connectivity index (χ1v) is 5.44. The molecule has 1 amide bonds. The standard InChI is InChI=1S/C9H13N3OS/c1-5-8(14-6(2)11-5)9(13)12-7-3-10-4-7/h7,10H,3-4H2,1-2H3,(H,12,13). The molecular weight excluding hydrogens is 198 g/mol. The molecule has 14 heavy (non-hydrogen) atoms. The predicted molar refractivity (Wildman–Crippen MR) is 55.7 cm³/mol. The maximum atomic E-state index is 11.7. The van der Waals surface area contributed by atoms with E-state index in [0.717, 1.165) is 28.7 Å². The molecule has 1 aliphatic rings. The zero-order chi connectivity index (χ0) is 10.1. The number of hydrogen-bond donors (Lipinski definition) is 2. The second kappa shape index (κ2) is 3.67. The summed E-state index contributed by atoms with van der Waals surface area (Å²) in [5.74, 6) is 0.0135. The van der Waals surface area contributed by atoms with E-state index in [2.05, 4.69) is 15.6 Å². The van der Waals surface area contributed by atoms with Crippen molar-refractivity contribution in [2.75, 3.05) is 13.1 Å². The quantitative estimate of drug-likeness (QED) is 0.747. The summed E-state index contributed by atoms with van der Waals surface area (Å²) in [7, 11) is 0. The lowest BCUT2D eigenvalue weighted by Gasteiger charge is -2.27. The van der Waals surface area contributed by atoms with Crippen LogP contribution in [0.25, 0.3) is 0 Å². The van der Waals surface area contributed by atoms with Crippen molar-refractivity contribution >= 4 is 17.2 Å². The van der Waals surface area contributed by atoms with E-state index in [1.54, 1.807) is 0 Å². The van der Waals surface area contributed by atoms with Gasteiger partial charge in [-0.2, -0.15) is 0 Å². The van der Waals surface area contributed by atoms with Crippen LogP contribution in [0.3, 0.4) is 0 Å². The van der Waals surface area contributed by atoms with Crippen molar-refractivity contribution in [2.24, 2.45) is 0 Å². The first-order valence-electron chi connectivity index (χ1n) is 4.62. The molecule has 2 heterocycles. The second-order valence-electron chi connectivity index (χ2n) is 3.48. The molecule has 1 aliphatic heterocycles. The minimum absolute atomic E-state index is 0.0135. The maximum absolute atomic E-state index is 11.7. The Morgan fingerprint density at radius 1 is 1.57 bits per heavy atom. The van der Waals surface area contributed by atoms with Crippen LogP contribution in [-0.4, -0.2) is 30.0 Å². The van der Waals surface area contributed by atoms with Crippen LogP contribution < -0.4 is 10.6 Å². The molecule has 0 radical (unpaired) electrons. The molecule has 76 valence electrons. The van der Waals surface area contributed by atoms with Crippen molar-refractivity contribution in [3.8, 4) is 0 Å². The Morgan fingerprint density at radius 3 is 2.71 bits per heavy atom. The highest BCUT2D eigenvalue weighted by atomic mass is 32.1. The van der Waals surface area contributed by atoms with Crippen LogP contribution in [0.1, 0.15) is 20.4 Å². The Bertz CT molecular complexity index is 357. The third-order valence-electron chi connectivity index (χ3n) is 2.23. The van der Waals surface area contributed by atoms with Crippen molar-refractivity contribution in [3.63, 3.8) is 0 Å². The van der Waals surface area contributed by atoms with Gasteiger partial charge in [-0.15, -0.1) is 11.3 Å². The Hall–Kier alpha value is -0.940. The first-order chi connectivity index (χ1) is 6.66. The summed E-state index contributed by atoms with van der Waals surface area (Å²) in [5, 5.41) is 7.01. The third-order valence-corrected chi connectivity index (χ3v) is 3.30. The summed E-state index contributed by atoms with van der Waals surface area (Å²) in [6, 6.07) is 0.296. The molecule has 1 aromatic rings. The van der Waals surface area contributed by atoms with E-state index in [4.69, 9.17) is 0 Å². The number of aromatic nitrogens is 1. The molecule has 2 rings (SSSR count). The minimum Gasteiger partial charge on any atom is -0.346 e. The Labute approximate surface area is 86.7 Å². The Morgan fingerprint density at radius 2 is 2.29 bits per heavy atom. The molecular formula is C9H13N3OS. The van der Waals surface area contributed by atoms with Crippen LogP contribution in [0.5, 0.6) is 0 Å². The van der Waals surface area contributed by atoms with Gasteiger partial charge in [0.2, 0.25) is 0 Å². The smallest absolute Gasteiger partial charge is 0.263 e. The van der Waals surface area contributed by atoms with E-state index in [0.29, 0.717) is 6.04 Å². The topological polar surface area (TPSA) is 54.0 Å². The number of carbonyl (C=O) groups excluding carboxylic acids is 1. The number of carbonyl (C=O) groups is 1. The summed E-state index contributed by atoms with van der Waals surface area (Å²) in [6.45, 7) is 5.54. The molecule has 0 spiro atoms. The fourth-order valence-electron chi connectivity index (χ4n) is 1.38. The number of rotatable bonds is 2. The first kappa shape index (κ1) is 9.61. The average Bonchev–Trinajstić information content (AvgIpc) is 2.37. The molecule has 0 unspecified atom stereocenters. The number of nitrogens with zero attached hydrogens (tertiary/aromatic N) is 1. The van der Waals surface area contributed by atoms with Gasteiger partial charge in [-0.1, -0.05) is 0 Å². The van der Waals surface area contributed by atoms with Crippen molar-refractivity contribution in [1.82, 2.24) is 15.6 Å². The van der Waals surface area contributed by atoms with Crippen molar-refractivity contribution in [3.05, 3.63) is 15.6 Å². The van der Waals surface area contributed by atoms with Crippen molar-refractivity contribution in [1.29, 1.82) is 0 Å². The Kier molecular flexibility index (Phi) is 2.52. The second-order valence-corrected chi connectivity index (χ2v) is 4.68. The van der Waals surface area contributed by atoms with E-state index in [9.17, 15) is 4.79 Å². The molecule has 0 aromatic carbocycles. The highest BCUT2D eigenvalue weighted by Crippen LogP contribution is 2.16. The summed E-state index contributed by atoms with van der Waals surface area (Å²) < 4.78 is 0. The van der Waals surface area contributed by atoms with E-state index < -0.39 is 0 Å². The molecule has 0 saturated carbocycles. The molecule has 0 bridgehead atoms. The normalized spacial score (nSPS) is 16.4. The predicted octanol–water partition coefficient (Wildman–Crippen LogP) is 0.462. The Balaban J connectivity index is 2.06. The van der Waals surface area contributed by atoms with Crippen LogP contribution in [-0.2, 0) is 0 Å². The fraction of sp³-hybridized carbons (Fsp3) is 0.556. The van der Waals surface area contributed by atoms with Gasteiger partial charge < -0.3 is 10.6 Å². The maximum Gasteiger partial charge on any atom is 0.263 e. The van der Waals surface area contributed by atoms with Crippen LogP contribution in [0.15, 0.2) is 0 Å². The summed E-state index contributed by atoms with van der Waals surface area (Å²) in [5.41, 5.74) is 0.831. The van der Waals surface area contributed by atoms with Gasteiger partial charge in [0.05, 0.1) is 16.7 Å². The van der Waals surface area contributed by atoms with Gasteiger partial charge in [-0.3, -0.25) is 4.79 Å². The number of amides is 1. The molecule has 0 atom stereocenters. The molecule has 1 saturated heterocycles. The lowest BCUT2D eigenvalue weighted by atomic mass is 10.2. The number of hydrogen-bond acceptors (Lipinski definition) is 4. The van der Waals surface area contributed by atoms with E-state index in [1.807, 2.05) is 13.8 Å². The average molecular weight is 211 g/mol. The zero-order valence-corrected chi connectivity index (χ0v) is 9.07. The monoisotopic (exact) mass is 211 g/mol. The SMILES string of the molecule is Cc1nc(C)c(C(=O)NC2CNC2)s1. The number of nitrogens with one attached hydrogen (secondary N) is 2. The summed E-state index contributed by atoms with van der Waals surface area (Å²) in [4.78, 5) is 16.7. The lowest BCUT2D eigenvalue weighted by molar-refractivity contribution is 0.0927. The van der Waals surface area contributed by atoms with Crippen LogP contribution >= 0.6 is 11.3 Å². The highest BCUT2D eigenvalue weighted by Gasteiger charge is 2.21. The number of aryl methyl sites for hydroxylation is 2. The molecule has 1 fully saturated rings. The zero-order valence-electron chi connectivity index (χ0n) is 8.26. The van der Waals surface area contributed by atoms with Crippen LogP contribution in [0, 0.1) is 13.8 Å². The van der Waals surface area contributed by atoms with Gasteiger partial charge in [0.1, 0.15) is 4.88 Å². The van der Waals surface area contributed by atoms with Gasteiger partial charge in [0.15, 0.2) is 0 Å². The van der Waals surface area contributed by atoms with Gasteiger partial charge in [-0.25, -0.2) is 4.98 Å². The highest BCUT2D eigenvalue weighted by molar-refractivity contribution is 7.13. The molecule has 0 aliphatic carbocycles. The molecule has 5 heteroatoms. The third kappa shape index (κ3) is 1.78. The van der Waals surface area contributed by atoms with Crippen molar-refractivity contribution < 1.29 is 4.79 Å². The van der Waals surface area contributed by atoms with Crippen LogP contribution in [0.2, 0.25) is 0 Å². The van der Waals surface area contributed by atoms with E-state index in [-0.39, 0.29) is 5.91 Å². The van der Waals surface area contributed by atoms with Gasteiger partial charge >= 0.3 is 0 Å². The minimum atomic E-state index is 0.0135. The molecule has 1 aromatic heterocycles. The largest absolute Gasteiger partial charge is 0.346 e. The van der Waals surface area contributed by atoms with Gasteiger partial charge in [0, 0.05) is 13.1 Å². The van der Waals surface area contributed by atoms with Gasteiger partial charge in [-0.05, 0) is 13.8 Å². The van der Waals surface area contributed by atoms with E-state index >= 15 is 0 Å². The summed E-state index contributed by atoms with van der Waals surface area (Å²) >= 11 is 1.46.